The van der Waals surface area contributed by atoms with E-state index in [9.17, 15) is 4.79 Å². The van der Waals surface area contributed by atoms with E-state index in [-0.39, 0.29) is 6.09 Å². The van der Waals surface area contributed by atoms with Crippen LogP contribution in [-0.2, 0) is 4.74 Å². The Bertz CT molecular complexity index is 682. The third kappa shape index (κ3) is 3.09. The fraction of sp³-hybridized carbons (Fsp3) is 0.471. The number of ether oxygens (including phenoxy) is 1. The molecule has 3 rings (SSSR count). The number of aromatic nitrogens is 1. The van der Waals surface area contributed by atoms with Gasteiger partial charge in [-0.3, -0.25) is 4.57 Å². The van der Waals surface area contributed by atoms with Crippen molar-refractivity contribution in [3.8, 4) is 0 Å². The van der Waals surface area contributed by atoms with Crippen LogP contribution in [0, 0.1) is 0 Å². The molecule has 0 bridgehead atoms. The SMILES string of the molecule is CC(C)(C)OC(=O)n1cc(N2CCCCS2)c2ccccc21. The number of rotatable bonds is 1. The minimum absolute atomic E-state index is 0.322. The van der Waals surface area contributed by atoms with Gasteiger partial charge in [0.1, 0.15) is 5.60 Å². The quantitative estimate of drug-likeness (QED) is 0.715. The molecule has 118 valence electrons. The fourth-order valence-electron chi connectivity index (χ4n) is 2.61. The number of nitrogens with zero attached hydrogens (tertiary/aromatic N) is 2. The summed E-state index contributed by atoms with van der Waals surface area (Å²) in [6, 6.07) is 8.01. The van der Waals surface area contributed by atoms with Crippen molar-refractivity contribution in [2.24, 2.45) is 0 Å². The lowest BCUT2D eigenvalue weighted by molar-refractivity contribution is 0.0544. The predicted molar refractivity (Wildman–Crippen MR) is 92.6 cm³/mol. The van der Waals surface area contributed by atoms with Crippen molar-refractivity contribution in [2.75, 3.05) is 16.6 Å². The molecule has 1 aliphatic heterocycles. The van der Waals surface area contributed by atoms with Crippen molar-refractivity contribution in [2.45, 2.75) is 39.2 Å². The zero-order chi connectivity index (χ0) is 15.7. The third-order valence-electron chi connectivity index (χ3n) is 3.55. The number of hydrogen-bond acceptors (Lipinski definition) is 4. The van der Waals surface area contributed by atoms with Crippen LogP contribution < -0.4 is 4.31 Å². The van der Waals surface area contributed by atoms with Crippen molar-refractivity contribution in [3.05, 3.63) is 30.5 Å². The number of carbonyl (C=O) groups is 1. The molecular weight excluding hydrogens is 296 g/mol. The topological polar surface area (TPSA) is 34.5 Å². The Morgan fingerprint density at radius 1 is 1.23 bits per heavy atom. The first-order chi connectivity index (χ1) is 10.5. The molecule has 1 fully saturated rings. The van der Waals surface area contributed by atoms with Gasteiger partial charge in [0.2, 0.25) is 0 Å². The second-order valence-corrected chi connectivity index (χ2v) is 7.63. The summed E-state index contributed by atoms with van der Waals surface area (Å²) in [6.07, 6.45) is 4.04. The van der Waals surface area contributed by atoms with Crippen LogP contribution in [-0.4, -0.2) is 28.6 Å². The van der Waals surface area contributed by atoms with Gasteiger partial charge >= 0.3 is 6.09 Å². The van der Waals surface area contributed by atoms with Gasteiger partial charge in [0.25, 0.3) is 0 Å². The Morgan fingerprint density at radius 2 is 2.00 bits per heavy atom. The number of benzene rings is 1. The molecule has 0 amide bonds. The predicted octanol–water partition coefficient (Wildman–Crippen LogP) is 4.67. The second-order valence-electron chi connectivity index (χ2n) is 6.52. The van der Waals surface area contributed by atoms with Crippen molar-refractivity contribution < 1.29 is 9.53 Å². The van der Waals surface area contributed by atoms with Gasteiger partial charge in [-0.1, -0.05) is 18.2 Å². The minimum Gasteiger partial charge on any atom is -0.443 e. The molecular formula is C17H22N2O2S. The molecule has 0 N–H and O–H groups in total. The molecule has 2 heterocycles. The van der Waals surface area contributed by atoms with Gasteiger partial charge in [-0.15, -0.1) is 0 Å². The van der Waals surface area contributed by atoms with Crippen LogP contribution in [0.2, 0.25) is 0 Å². The standard InChI is InChI=1S/C17H22N2O2S/c1-17(2,3)21-16(20)18-12-15(19-10-6-7-11-22-19)13-8-4-5-9-14(13)18/h4-5,8-9,12H,6-7,10-11H2,1-3H3. The van der Waals surface area contributed by atoms with Gasteiger partial charge in [-0.05, 0) is 51.6 Å². The van der Waals surface area contributed by atoms with E-state index in [1.54, 1.807) is 4.57 Å². The lowest BCUT2D eigenvalue weighted by Crippen LogP contribution is -2.26. The van der Waals surface area contributed by atoms with Crippen molar-refractivity contribution in [3.63, 3.8) is 0 Å². The Kier molecular flexibility index (Phi) is 4.08. The lowest BCUT2D eigenvalue weighted by atomic mass is 10.2. The molecule has 5 heteroatoms. The van der Waals surface area contributed by atoms with E-state index in [4.69, 9.17) is 4.74 Å². The van der Waals surface area contributed by atoms with Crippen LogP contribution in [0.4, 0.5) is 10.5 Å². The molecule has 22 heavy (non-hydrogen) atoms. The van der Waals surface area contributed by atoms with Crippen molar-refractivity contribution in [1.29, 1.82) is 0 Å². The Morgan fingerprint density at radius 3 is 2.68 bits per heavy atom. The molecule has 1 saturated heterocycles. The molecule has 1 aromatic heterocycles. The van der Waals surface area contributed by atoms with E-state index >= 15 is 0 Å². The summed E-state index contributed by atoms with van der Waals surface area (Å²) in [5.41, 5.74) is 1.51. The highest BCUT2D eigenvalue weighted by Crippen LogP contribution is 2.35. The fourth-order valence-corrected chi connectivity index (χ4v) is 3.71. The number of para-hydroxylation sites is 1. The van der Waals surface area contributed by atoms with Crippen LogP contribution in [0.1, 0.15) is 33.6 Å². The van der Waals surface area contributed by atoms with E-state index in [0.29, 0.717) is 0 Å². The van der Waals surface area contributed by atoms with Crippen molar-refractivity contribution >= 4 is 34.6 Å². The molecule has 0 radical (unpaired) electrons. The minimum atomic E-state index is -0.498. The van der Waals surface area contributed by atoms with Gasteiger partial charge < -0.3 is 9.04 Å². The van der Waals surface area contributed by atoms with Crippen LogP contribution in [0.25, 0.3) is 10.9 Å². The zero-order valence-electron chi connectivity index (χ0n) is 13.3. The molecule has 4 nitrogen and oxygen atoms in total. The van der Waals surface area contributed by atoms with Gasteiger partial charge in [0, 0.05) is 23.9 Å². The van der Waals surface area contributed by atoms with E-state index in [1.165, 1.54) is 12.8 Å². The molecule has 1 aliphatic rings. The lowest BCUT2D eigenvalue weighted by Gasteiger charge is -2.26. The zero-order valence-corrected chi connectivity index (χ0v) is 14.2. The van der Waals surface area contributed by atoms with Crippen molar-refractivity contribution in [1.82, 2.24) is 4.57 Å². The Labute approximate surface area is 135 Å². The molecule has 0 aliphatic carbocycles. The van der Waals surface area contributed by atoms with E-state index < -0.39 is 5.60 Å². The van der Waals surface area contributed by atoms with Gasteiger partial charge in [-0.2, -0.15) is 0 Å². The first-order valence-electron chi connectivity index (χ1n) is 7.69. The maximum absolute atomic E-state index is 12.5. The molecule has 0 saturated carbocycles. The molecule has 2 aromatic rings. The number of hydrogen-bond donors (Lipinski definition) is 0. The van der Waals surface area contributed by atoms with Gasteiger partial charge in [-0.25, -0.2) is 4.79 Å². The summed E-state index contributed by atoms with van der Waals surface area (Å²) < 4.78 is 9.46. The van der Waals surface area contributed by atoms with E-state index in [0.717, 1.165) is 28.9 Å². The molecule has 0 unspecified atom stereocenters. The van der Waals surface area contributed by atoms with E-state index in [1.807, 2.05) is 57.1 Å². The summed E-state index contributed by atoms with van der Waals surface area (Å²) in [4.78, 5) is 12.5. The monoisotopic (exact) mass is 318 g/mol. The Balaban J connectivity index is 2.02. The van der Waals surface area contributed by atoms with E-state index in [2.05, 4.69) is 10.4 Å². The highest BCUT2D eigenvalue weighted by Gasteiger charge is 2.23. The smallest absolute Gasteiger partial charge is 0.419 e. The summed E-state index contributed by atoms with van der Waals surface area (Å²) in [5, 5.41) is 1.10. The summed E-state index contributed by atoms with van der Waals surface area (Å²) in [6.45, 7) is 6.68. The summed E-state index contributed by atoms with van der Waals surface area (Å²) in [5.74, 6) is 1.13. The highest BCUT2D eigenvalue weighted by atomic mass is 32.2. The van der Waals surface area contributed by atoms with Gasteiger partial charge in [0.05, 0.1) is 11.2 Å². The molecule has 0 atom stereocenters. The third-order valence-corrected chi connectivity index (χ3v) is 4.71. The number of fused-ring (bicyclic) bond motifs is 1. The number of carbonyl (C=O) groups excluding carboxylic acids is 1. The largest absolute Gasteiger partial charge is 0.443 e. The van der Waals surface area contributed by atoms with Crippen LogP contribution in [0.15, 0.2) is 30.5 Å². The van der Waals surface area contributed by atoms with Crippen LogP contribution >= 0.6 is 11.9 Å². The average molecular weight is 318 g/mol. The second kappa shape index (κ2) is 5.88. The molecule has 1 aromatic carbocycles. The molecule has 0 spiro atoms. The maximum atomic E-state index is 12.5. The normalized spacial score (nSPS) is 16.0. The van der Waals surface area contributed by atoms with Crippen LogP contribution in [0.5, 0.6) is 0 Å². The average Bonchev–Trinajstić information content (AvgIpc) is 2.86. The van der Waals surface area contributed by atoms with Crippen LogP contribution in [0.3, 0.4) is 0 Å². The summed E-state index contributed by atoms with van der Waals surface area (Å²) in [7, 11) is 0. The maximum Gasteiger partial charge on any atom is 0.419 e. The number of anilines is 1. The Hall–Kier alpha value is -1.62. The highest BCUT2D eigenvalue weighted by molar-refractivity contribution is 8.00. The first kappa shape index (κ1) is 15.3. The summed E-state index contributed by atoms with van der Waals surface area (Å²) >= 11 is 1.84. The van der Waals surface area contributed by atoms with Gasteiger partial charge in [0.15, 0.2) is 0 Å². The first-order valence-corrected chi connectivity index (χ1v) is 8.64.